The van der Waals surface area contributed by atoms with Crippen LogP contribution in [0.25, 0.3) is 0 Å². The third-order valence-corrected chi connectivity index (χ3v) is 7.50. The van der Waals surface area contributed by atoms with Crippen molar-refractivity contribution in [1.82, 2.24) is 10.3 Å². The van der Waals surface area contributed by atoms with E-state index in [-0.39, 0.29) is 30.2 Å². The van der Waals surface area contributed by atoms with Gasteiger partial charge in [0.15, 0.2) is 11.9 Å². The minimum Gasteiger partial charge on any atom is -0.479 e. The number of Topliss-reactive ketones (excluding diaryl/α,β-unsaturated/α-hetero) is 1. The molecule has 2 aromatic rings. The maximum Gasteiger partial charge on any atom is 0.261 e. The van der Waals surface area contributed by atoms with Crippen molar-refractivity contribution in [3.63, 3.8) is 0 Å². The molecule has 9 heteroatoms. The molecular weight excluding hydrogens is 477 g/mol. The zero-order chi connectivity index (χ0) is 23.8. The number of hydrazine groups is 1. The van der Waals surface area contributed by atoms with E-state index in [1.807, 2.05) is 29.3 Å². The summed E-state index contributed by atoms with van der Waals surface area (Å²) in [5, 5.41) is 6.04. The molecular formula is C25H26Cl2N3O4+. The van der Waals surface area contributed by atoms with Crippen LogP contribution in [-0.4, -0.2) is 52.8 Å². The number of carbonyl (C=O) groups excluding carboxylic acids is 2. The summed E-state index contributed by atoms with van der Waals surface area (Å²) < 4.78 is 5.76. The molecule has 0 aromatic heterocycles. The predicted octanol–water partition coefficient (Wildman–Crippen LogP) is 4.55. The van der Waals surface area contributed by atoms with Gasteiger partial charge in [0, 0.05) is 34.8 Å². The maximum absolute atomic E-state index is 12.8. The van der Waals surface area contributed by atoms with Crippen molar-refractivity contribution in [2.24, 2.45) is 0 Å². The summed E-state index contributed by atoms with van der Waals surface area (Å²) in [6.45, 7) is 1.42. The average Bonchev–Trinajstić information content (AvgIpc) is 2.80. The molecule has 0 unspecified atom stereocenters. The molecule has 3 aliphatic rings. The predicted molar refractivity (Wildman–Crippen MR) is 128 cm³/mol. The molecule has 1 N–H and O–H groups in total. The van der Waals surface area contributed by atoms with Crippen LogP contribution in [0.3, 0.4) is 0 Å². The summed E-state index contributed by atoms with van der Waals surface area (Å²) in [5.41, 5.74) is 1.62. The van der Waals surface area contributed by atoms with Gasteiger partial charge in [-0.1, -0.05) is 35.3 Å². The van der Waals surface area contributed by atoms with E-state index in [0.717, 1.165) is 17.7 Å². The van der Waals surface area contributed by atoms with Crippen LogP contribution >= 0.6 is 23.2 Å². The van der Waals surface area contributed by atoms with E-state index in [0.29, 0.717) is 53.2 Å². The molecule has 178 valence electrons. The molecule has 1 aliphatic carbocycles. The molecule has 2 aromatic carbocycles. The number of rotatable bonds is 5. The topological polar surface area (TPSA) is 78.7 Å². The first-order valence-corrected chi connectivity index (χ1v) is 12.4. The molecule has 0 spiro atoms. The highest BCUT2D eigenvalue weighted by Crippen LogP contribution is 2.32. The summed E-state index contributed by atoms with van der Waals surface area (Å²) in [6.07, 6.45) is 2.00. The second-order valence-electron chi connectivity index (χ2n) is 9.31. The second kappa shape index (κ2) is 9.55. The Kier molecular flexibility index (Phi) is 6.49. The molecule has 1 atom stereocenters. The number of halogens is 2. The van der Waals surface area contributed by atoms with Crippen LogP contribution < -0.4 is 10.1 Å². The van der Waals surface area contributed by atoms with Gasteiger partial charge in [0.1, 0.15) is 10.6 Å². The Balaban J connectivity index is 1.08. The number of amides is 1. The Bertz CT molecular complexity index is 1110. The van der Waals surface area contributed by atoms with Crippen LogP contribution in [0.1, 0.15) is 53.9 Å². The Hall–Kier alpha value is -2.64. The van der Waals surface area contributed by atoms with Crippen molar-refractivity contribution in [1.29, 1.82) is 0 Å². The first-order valence-electron chi connectivity index (χ1n) is 11.6. The van der Waals surface area contributed by atoms with Crippen molar-refractivity contribution in [2.75, 3.05) is 13.1 Å². The molecule has 0 bridgehead atoms. The van der Waals surface area contributed by atoms with Gasteiger partial charge >= 0.3 is 0 Å². The number of nitrogens with zero attached hydrogens (tertiary/aromatic N) is 2. The molecule has 1 saturated heterocycles. The Morgan fingerprint density at radius 3 is 2.38 bits per heavy atom. The number of hydrogen-bond donors (Lipinski definition) is 1. The van der Waals surface area contributed by atoms with E-state index in [2.05, 4.69) is 5.32 Å². The minimum absolute atomic E-state index is 0.00734. The number of fused-ring (bicyclic) bond motifs is 1. The highest BCUT2D eigenvalue weighted by atomic mass is 35.5. The summed E-state index contributed by atoms with van der Waals surface area (Å²) in [4.78, 5) is 39.1. The summed E-state index contributed by atoms with van der Waals surface area (Å²) in [5.74, 6) is 0.299. The standard InChI is InChI=1S/C25H25Cl2N3O4/c26-17-3-1-15(2-4-17)16-13-29(14-16)30(33)20-8-6-19(7-9-20)28-25(32)24-12-22(31)21-11-18(27)5-10-23(21)34-24/h1-5,10-11,16,19-20,24H,6-9,12-14H2/p+1/t19?,20?,24-/m1/s1. The molecule has 1 saturated carbocycles. The second-order valence-corrected chi connectivity index (χ2v) is 10.2. The largest absolute Gasteiger partial charge is 0.479 e. The summed E-state index contributed by atoms with van der Waals surface area (Å²) in [7, 11) is 0. The van der Waals surface area contributed by atoms with Gasteiger partial charge in [-0.05, 0) is 48.7 Å². The molecule has 7 nitrogen and oxygen atoms in total. The quantitative estimate of drug-likeness (QED) is 0.606. The van der Waals surface area contributed by atoms with Crippen molar-refractivity contribution in [2.45, 2.75) is 56.2 Å². The Labute approximate surface area is 207 Å². The van der Waals surface area contributed by atoms with Crippen LogP contribution in [0.5, 0.6) is 5.75 Å². The summed E-state index contributed by atoms with van der Waals surface area (Å²) >= 11 is 11.9. The van der Waals surface area contributed by atoms with E-state index in [9.17, 15) is 14.5 Å². The van der Waals surface area contributed by atoms with Crippen molar-refractivity contribution in [3.8, 4) is 5.75 Å². The van der Waals surface area contributed by atoms with E-state index in [1.54, 1.807) is 18.2 Å². The first kappa shape index (κ1) is 23.1. The Morgan fingerprint density at radius 2 is 1.68 bits per heavy atom. The van der Waals surface area contributed by atoms with Gasteiger partial charge in [-0.2, -0.15) is 0 Å². The monoisotopic (exact) mass is 502 g/mol. The molecule has 2 heterocycles. The third-order valence-electron chi connectivity index (χ3n) is 7.01. The number of hydrogen-bond acceptors (Lipinski definition) is 4. The lowest BCUT2D eigenvalue weighted by Crippen LogP contribution is -2.54. The van der Waals surface area contributed by atoms with Crippen LogP contribution in [0.2, 0.25) is 10.0 Å². The Morgan fingerprint density at radius 1 is 1.00 bits per heavy atom. The molecule has 0 radical (unpaired) electrons. The molecule has 34 heavy (non-hydrogen) atoms. The van der Waals surface area contributed by atoms with E-state index < -0.39 is 6.10 Å². The van der Waals surface area contributed by atoms with Gasteiger partial charge < -0.3 is 10.1 Å². The van der Waals surface area contributed by atoms with Gasteiger partial charge in [0.05, 0.1) is 30.0 Å². The fourth-order valence-electron chi connectivity index (χ4n) is 4.97. The fourth-order valence-corrected chi connectivity index (χ4v) is 5.27. The van der Waals surface area contributed by atoms with E-state index >= 15 is 0 Å². The first-order chi connectivity index (χ1) is 16.4. The van der Waals surface area contributed by atoms with Crippen LogP contribution in [0.15, 0.2) is 42.5 Å². The van der Waals surface area contributed by atoms with Crippen molar-refractivity contribution >= 4 is 34.9 Å². The number of ether oxygens (including phenoxy) is 1. The van der Waals surface area contributed by atoms with Crippen LogP contribution in [0, 0.1) is 4.91 Å². The van der Waals surface area contributed by atoms with Crippen molar-refractivity contribution < 1.29 is 19.2 Å². The van der Waals surface area contributed by atoms with Gasteiger partial charge in [-0.15, -0.1) is 5.01 Å². The third kappa shape index (κ3) is 4.77. The van der Waals surface area contributed by atoms with Crippen molar-refractivity contribution in [3.05, 3.63) is 68.5 Å². The lowest BCUT2D eigenvalue weighted by Gasteiger charge is -2.35. The number of nitroso groups, excluding NO2 is 1. The van der Waals surface area contributed by atoms with Crippen LogP contribution in [-0.2, 0) is 4.79 Å². The van der Waals surface area contributed by atoms with Gasteiger partial charge in [-0.25, -0.2) is 0 Å². The zero-order valence-corrected chi connectivity index (χ0v) is 20.1. The highest BCUT2D eigenvalue weighted by Gasteiger charge is 2.43. The normalized spacial score (nSPS) is 24.6. The van der Waals surface area contributed by atoms with E-state index in [4.69, 9.17) is 27.9 Å². The number of ketones is 1. The SMILES string of the molecule is O=C1C[C@H](C(=O)NC2CCC([N+](=O)N3CC(c4ccc(Cl)cc4)C3)CC2)Oc2ccc(Cl)cc21. The van der Waals surface area contributed by atoms with Crippen LogP contribution in [0.4, 0.5) is 0 Å². The number of carbonyl (C=O) groups is 2. The molecule has 5 rings (SSSR count). The zero-order valence-electron chi connectivity index (χ0n) is 18.6. The lowest BCUT2D eigenvalue weighted by atomic mass is 9.90. The molecule has 2 aliphatic heterocycles. The lowest BCUT2D eigenvalue weighted by molar-refractivity contribution is -0.749. The highest BCUT2D eigenvalue weighted by molar-refractivity contribution is 6.31. The molecule has 1 amide bonds. The molecule has 2 fully saturated rings. The van der Waals surface area contributed by atoms with E-state index in [1.165, 1.54) is 5.56 Å². The van der Waals surface area contributed by atoms with Gasteiger partial charge in [-0.3, -0.25) is 9.59 Å². The fraction of sp³-hybridized carbons (Fsp3) is 0.440. The van der Waals surface area contributed by atoms with Gasteiger partial charge in [0.25, 0.3) is 5.91 Å². The maximum atomic E-state index is 12.8. The smallest absolute Gasteiger partial charge is 0.261 e. The number of benzene rings is 2. The van der Waals surface area contributed by atoms with Gasteiger partial charge in [0.2, 0.25) is 6.04 Å². The average molecular weight is 503 g/mol. The summed E-state index contributed by atoms with van der Waals surface area (Å²) in [6, 6.07) is 12.5. The minimum atomic E-state index is -0.846. The number of nitrogens with one attached hydrogen (secondary N) is 1.